The molecule has 3 aromatic rings. The van der Waals surface area contributed by atoms with E-state index in [9.17, 15) is 0 Å². The molecule has 0 saturated carbocycles. The second-order valence-corrected chi connectivity index (χ2v) is 9.11. The summed E-state index contributed by atoms with van der Waals surface area (Å²) in [6.45, 7) is 2.28. The van der Waals surface area contributed by atoms with Crippen LogP contribution in [0, 0.1) is 0 Å². The molecule has 0 fully saturated rings. The van der Waals surface area contributed by atoms with E-state index in [0.29, 0.717) is 0 Å². The molecule has 0 amide bonds. The van der Waals surface area contributed by atoms with Crippen molar-refractivity contribution in [2.45, 2.75) is 58.3 Å². The van der Waals surface area contributed by atoms with Gasteiger partial charge in [-0.3, -0.25) is 0 Å². The third kappa shape index (κ3) is 3.28. The molecule has 0 N–H and O–H groups in total. The highest BCUT2D eigenvalue weighted by Crippen LogP contribution is 2.43. The van der Waals surface area contributed by atoms with E-state index < -0.39 is 0 Å². The van der Waals surface area contributed by atoms with Crippen LogP contribution in [0.2, 0.25) is 0 Å². The smallest absolute Gasteiger partial charge is 0.0216 e. The molecule has 3 aromatic carbocycles. The number of unbranched alkanes of at least 4 members (excludes halogenated alkanes) is 5. The number of rotatable bonds is 7. The maximum atomic E-state index is 3.87. The molecule has 1 aliphatic rings. The SMILES string of the molecule is CCCCCCCCc1c(Br)cc2c3c1ccc1cc(Br)cc(c13)C2. The van der Waals surface area contributed by atoms with Crippen LogP contribution in [0.15, 0.2) is 39.3 Å². The van der Waals surface area contributed by atoms with Crippen LogP contribution >= 0.6 is 31.9 Å². The lowest BCUT2D eigenvalue weighted by Crippen LogP contribution is -1.93. The van der Waals surface area contributed by atoms with Gasteiger partial charge in [-0.25, -0.2) is 0 Å². The topological polar surface area (TPSA) is 0 Å². The first-order valence-electron chi connectivity index (χ1n) is 9.54. The zero-order valence-corrected chi connectivity index (χ0v) is 18.0. The van der Waals surface area contributed by atoms with E-state index in [-0.39, 0.29) is 0 Å². The Morgan fingerprint density at radius 2 is 1.60 bits per heavy atom. The second kappa shape index (κ2) is 7.40. The van der Waals surface area contributed by atoms with Crippen LogP contribution in [-0.2, 0) is 12.8 Å². The van der Waals surface area contributed by atoms with Crippen molar-refractivity contribution < 1.29 is 0 Å². The van der Waals surface area contributed by atoms with E-state index >= 15 is 0 Å². The van der Waals surface area contributed by atoms with Crippen molar-refractivity contribution in [3.8, 4) is 0 Å². The molecule has 0 aliphatic heterocycles. The predicted molar refractivity (Wildman–Crippen MR) is 117 cm³/mol. The molecule has 0 heterocycles. The molecule has 2 heteroatoms. The van der Waals surface area contributed by atoms with Crippen molar-refractivity contribution >= 4 is 53.4 Å². The molecule has 0 unspecified atom stereocenters. The van der Waals surface area contributed by atoms with Gasteiger partial charge in [0.05, 0.1) is 0 Å². The minimum Gasteiger partial charge on any atom is -0.0654 e. The molecule has 0 radical (unpaired) electrons. The summed E-state index contributed by atoms with van der Waals surface area (Å²) in [4.78, 5) is 0. The third-order valence-corrected chi connectivity index (χ3v) is 6.73. The highest BCUT2D eigenvalue weighted by Gasteiger charge is 2.21. The maximum Gasteiger partial charge on any atom is 0.0216 e. The summed E-state index contributed by atoms with van der Waals surface area (Å²) < 4.78 is 2.49. The zero-order chi connectivity index (χ0) is 17.4. The Hall–Kier alpha value is -0.860. The predicted octanol–water partition coefficient (Wildman–Crippen LogP) is 8.33. The van der Waals surface area contributed by atoms with E-state index in [1.807, 2.05) is 0 Å². The number of aryl methyl sites for hydroxylation is 1. The molecule has 4 rings (SSSR count). The van der Waals surface area contributed by atoms with E-state index in [1.54, 1.807) is 0 Å². The Morgan fingerprint density at radius 3 is 2.44 bits per heavy atom. The van der Waals surface area contributed by atoms with Gasteiger partial charge in [-0.05, 0) is 75.7 Å². The minimum atomic E-state index is 1.06. The van der Waals surface area contributed by atoms with E-state index in [0.717, 1.165) is 6.42 Å². The number of halogens is 2. The fourth-order valence-corrected chi connectivity index (χ4v) is 5.57. The maximum absolute atomic E-state index is 3.87. The van der Waals surface area contributed by atoms with Gasteiger partial charge in [0.1, 0.15) is 0 Å². The lowest BCUT2D eigenvalue weighted by atomic mass is 9.95. The quantitative estimate of drug-likeness (QED) is 0.192. The van der Waals surface area contributed by atoms with Crippen LogP contribution in [0.25, 0.3) is 21.5 Å². The van der Waals surface area contributed by atoms with Gasteiger partial charge in [0.15, 0.2) is 0 Å². The van der Waals surface area contributed by atoms with Gasteiger partial charge >= 0.3 is 0 Å². The summed E-state index contributed by atoms with van der Waals surface area (Å²) in [5.74, 6) is 0. The van der Waals surface area contributed by atoms with Crippen LogP contribution in [0.1, 0.15) is 62.1 Å². The Bertz CT molecular complexity index is 940. The lowest BCUT2D eigenvalue weighted by molar-refractivity contribution is 0.608. The van der Waals surface area contributed by atoms with Gasteiger partial charge in [-0.2, -0.15) is 0 Å². The average molecular weight is 460 g/mol. The fourth-order valence-electron chi connectivity index (χ4n) is 4.36. The fraction of sp³-hybridized carbons (Fsp3) is 0.391. The van der Waals surface area contributed by atoms with Gasteiger partial charge < -0.3 is 0 Å². The standard InChI is InChI=1S/C23H24Br2/c1-2-3-4-5-6-7-8-19-20-10-9-15-12-18(24)13-16-11-17(14-21(19)25)23(20)22(15)16/h9-10,12-14H,2-8,11H2,1H3. The highest BCUT2D eigenvalue weighted by molar-refractivity contribution is 9.10. The molecular formula is C23H24Br2. The summed E-state index contributed by atoms with van der Waals surface area (Å²) in [6, 6.07) is 11.6. The third-order valence-electron chi connectivity index (χ3n) is 5.56. The first-order chi connectivity index (χ1) is 12.2. The molecular weight excluding hydrogens is 436 g/mol. The van der Waals surface area contributed by atoms with E-state index in [2.05, 4.69) is 69.1 Å². The number of benzene rings is 3. The summed E-state index contributed by atoms with van der Waals surface area (Å²) in [5, 5.41) is 5.81. The summed E-state index contributed by atoms with van der Waals surface area (Å²) in [5.41, 5.74) is 4.45. The van der Waals surface area contributed by atoms with Crippen molar-refractivity contribution in [1.82, 2.24) is 0 Å². The second-order valence-electron chi connectivity index (χ2n) is 7.34. The first-order valence-corrected chi connectivity index (χ1v) is 11.1. The molecule has 130 valence electrons. The monoisotopic (exact) mass is 458 g/mol. The van der Waals surface area contributed by atoms with Crippen LogP contribution in [0.4, 0.5) is 0 Å². The number of hydrogen-bond donors (Lipinski definition) is 0. The molecule has 1 aliphatic carbocycles. The first kappa shape index (κ1) is 17.5. The van der Waals surface area contributed by atoms with Crippen LogP contribution < -0.4 is 0 Å². The Morgan fingerprint density at radius 1 is 0.840 bits per heavy atom. The van der Waals surface area contributed by atoms with Crippen molar-refractivity contribution in [1.29, 1.82) is 0 Å². The van der Waals surface area contributed by atoms with Crippen LogP contribution in [0.3, 0.4) is 0 Å². The van der Waals surface area contributed by atoms with Crippen molar-refractivity contribution in [3.63, 3.8) is 0 Å². The van der Waals surface area contributed by atoms with E-state index in [1.165, 1.54) is 92.1 Å². The van der Waals surface area contributed by atoms with Gasteiger partial charge in [0.2, 0.25) is 0 Å². The Balaban J connectivity index is 1.68. The molecule has 0 spiro atoms. The minimum absolute atomic E-state index is 1.06. The van der Waals surface area contributed by atoms with Gasteiger partial charge in [0, 0.05) is 8.95 Å². The molecule has 0 atom stereocenters. The highest BCUT2D eigenvalue weighted by atomic mass is 79.9. The zero-order valence-electron chi connectivity index (χ0n) is 14.8. The molecule has 0 aromatic heterocycles. The van der Waals surface area contributed by atoms with Crippen molar-refractivity contribution in [2.24, 2.45) is 0 Å². The molecule has 0 nitrogen and oxygen atoms in total. The van der Waals surface area contributed by atoms with Gasteiger partial charge in [0.25, 0.3) is 0 Å². The molecule has 0 bridgehead atoms. The lowest BCUT2D eigenvalue weighted by Gasteiger charge is -2.12. The summed E-state index contributed by atoms with van der Waals surface area (Å²) >= 11 is 7.54. The largest absolute Gasteiger partial charge is 0.0654 e. The normalized spacial score (nSPS) is 12.8. The Kier molecular flexibility index (Phi) is 5.20. The summed E-state index contributed by atoms with van der Waals surface area (Å²) in [6.07, 6.45) is 10.4. The summed E-state index contributed by atoms with van der Waals surface area (Å²) in [7, 11) is 0. The Labute approximate surface area is 167 Å². The van der Waals surface area contributed by atoms with E-state index in [4.69, 9.17) is 0 Å². The van der Waals surface area contributed by atoms with Gasteiger partial charge in [-0.1, -0.05) is 83.0 Å². The average Bonchev–Trinajstić information content (AvgIpc) is 2.94. The van der Waals surface area contributed by atoms with Crippen molar-refractivity contribution in [2.75, 3.05) is 0 Å². The molecule has 25 heavy (non-hydrogen) atoms. The number of hydrogen-bond acceptors (Lipinski definition) is 0. The van der Waals surface area contributed by atoms with Crippen LogP contribution in [0.5, 0.6) is 0 Å². The molecule has 0 saturated heterocycles. The van der Waals surface area contributed by atoms with Gasteiger partial charge in [-0.15, -0.1) is 0 Å². The van der Waals surface area contributed by atoms with Crippen molar-refractivity contribution in [3.05, 3.63) is 56.0 Å². The van der Waals surface area contributed by atoms with Crippen LogP contribution in [-0.4, -0.2) is 0 Å².